The van der Waals surface area contributed by atoms with Gasteiger partial charge in [-0.25, -0.2) is 4.98 Å². The van der Waals surface area contributed by atoms with Crippen LogP contribution in [0, 0.1) is 5.92 Å². The molecule has 1 aromatic carbocycles. The van der Waals surface area contributed by atoms with Crippen molar-refractivity contribution in [1.82, 2.24) is 14.7 Å². The van der Waals surface area contributed by atoms with Crippen molar-refractivity contribution in [2.24, 2.45) is 5.92 Å². The Bertz CT molecular complexity index is 983. The first kappa shape index (κ1) is 20.8. The van der Waals surface area contributed by atoms with Crippen LogP contribution in [-0.2, 0) is 5.75 Å². The summed E-state index contributed by atoms with van der Waals surface area (Å²) in [7, 11) is 0. The molecule has 158 valence electrons. The first-order valence-corrected chi connectivity index (χ1v) is 10.9. The molecule has 0 spiro atoms. The smallest absolute Gasteiger partial charge is 0.349 e. The third-order valence-electron chi connectivity index (χ3n) is 5.42. The molecule has 30 heavy (non-hydrogen) atoms. The van der Waals surface area contributed by atoms with Gasteiger partial charge >= 0.3 is 6.18 Å². The zero-order valence-corrected chi connectivity index (χ0v) is 17.0. The summed E-state index contributed by atoms with van der Waals surface area (Å²) in [6, 6.07) is 11.9. The number of amides is 1. The fourth-order valence-corrected chi connectivity index (χ4v) is 4.65. The van der Waals surface area contributed by atoms with E-state index in [1.807, 2.05) is 47.1 Å². The fraction of sp³-hybridized carbons (Fsp3) is 0.364. The summed E-state index contributed by atoms with van der Waals surface area (Å²) in [5.74, 6) is -1.23. The number of imidazole rings is 1. The van der Waals surface area contributed by atoms with E-state index in [4.69, 9.17) is 0 Å². The van der Waals surface area contributed by atoms with Crippen LogP contribution < -0.4 is 5.32 Å². The normalized spacial score (nSPS) is 19.7. The number of nitrogens with zero attached hydrogens (tertiary/aromatic N) is 2. The van der Waals surface area contributed by atoms with Gasteiger partial charge in [-0.1, -0.05) is 18.9 Å². The van der Waals surface area contributed by atoms with Gasteiger partial charge in [-0.05, 0) is 49.2 Å². The number of carbonyl (C=O) groups is 1. The molecule has 4 rings (SSSR count). The maximum Gasteiger partial charge on any atom is 0.393 e. The molecule has 1 amide bonds. The lowest BCUT2D eigenvalue weighted by atomic mass is 9.84. The quantitative estimate of drug-likeness (QED) is 0.542. The second-order valence-corrected chi connectivity index (χ2v) is 8.57. The summed E-state index contributed by atoms with van der Waals surface area (Å²) in [6.07, 6.45) is 1.34. The molecule has 0 bridgehead atoms. The molecular formula is C22H22F3N3OS. The molecule has 0 aliphatic heterocycles. The van der Waals surface area contributed by atoms with Crippen LogP contribution in [0.2, 0.25) is 0 Å². The Morgan fingerprint density at radius 1 is 1.13 bits per heavy atom. The Kier molecular flexibility index (Phi) is 6.04. The van der Waals surface area contributed by atoms with Gasteiger partial charge in [0.05, 0.1) is 11.6 Å². The average molecular weight is 433 g/mol. The molecule has 2 unspecified atom stereocenters. The van der Waals surface area contributed by atoms with Crippen molar-refractivity contribution in [3.05, 3.63) is 66.1 Å². The molecule has 4 nitrogen and oxygen atoms in total. The molecule has 1 aliphatic carbocycles. The highest BCUT2D eigenvalue weighted by Crippen LogP contribution is 2.37. The van der Waals surface area contributed by atoms with Crippen LogP contribution in [0.3, 0.4) is 0 Å². The molecule has 1 aliphatic rings. The number of carbonyl (C=O) groups excluding carboxylic acids is 1. The van der Waals surface area contributed by atoms with Crippen molar-refractivity contribution in [3.8, 4) is 0 Å². The molecule has 2 aromatic heterocycles. The van der Waals surface area contributed by atoms with Gasteiger partial charge in [0.1, 0.15) is 5.65 Å². The first-order valence-electron chi connectivity index (χ1n) is 9.93. The van der Waals surface area contributed by atoms with Crippen molar-refractivity contribution in [3.63, 3.8) is 0 Å². The zero-order chi connectivity index (χ0) is 21.1. The van der Waals surface area contributed by atoms with E-state index < -0.39 is 24.0 Å². The number of benzene rings is 1. The molecule has 1 fully saturated rings. The lowest BCUT2D eigenvalue weighted by Gasteiger charge is -2.33. The number of alkyl halides is 3. The van der Waals surface area contributed by atoms with E-state index in [0.29, 0.717) is 30.6 Å². The van der Waals surface area contributed by atoms with Crippen molar-refractivity contribution in [2.45, 2.75) is 48.5 Å². The van der Waals surface area contributed by atoms with Crippen LogP contribution in [0.1, 0.15) is 41.7 Å². The number of aromatic nitrogens is 2. The molecular weight excluding hydrogens is 411 g/mol. The molecule has 3 aromatic rings. The minimum Gasteiger partial charge on any atom is -0.349 e. The van der Waals surface area contributed by atoms with Gasteiger partial charge < -0.3 is 9.72 Å². The lowest BCUT2D eigenvalue weighted by molar-refractivity contribution is -0.187. The topological polar surface area (TPSA) is 46.4 Å². The Hall–Kier alpha value is -2.48. The van der Waals surface area contributed by atoms with E-state index in [9.17, 15) is 18.0 Å². The van der Waals surface area contributed by atoms with Crippen LogP contribution in [-0.4, -0.2) is 27.5 Å². The monoisotopic (exact) mass is 433 g/mol. The maximum atomic E-state index is 13.2. The van der Waals surface area contributed by atoms with Crippen LogP contribution >= 0.6 is 11.8 Å². The zero-order valence-electron chi connectivity index (χ0n) is 16.2. The lowest BCUT2D eigenvalue weighted by Crippen LogP contribution is -2.47. The second kappa shape index (κ2) is 8.71. The SMILES string of the molecule is O=C(NC1CCCCC1C(F)(F)F)c1ccc(SCc2cn3ccccc3n2)cc1. The highest BCUT2D eigenvalue weighted by molar-refractivity contribution is 7.98. The summed E-state index contributed by atoms with van der Waals surface area (Å²) >= 11 is 1.59. The van der Waals surface area contributed by atoms with Gasteiger partial charge in [-0.3, -0.25) is 4.79 Å². The van der Waals surface area contributed by atoms with Gasteiger partial charge in [-0.2, -0.15) is 13.2 Å². The maximum absolute atomic E-state index is 13.2. The third kappa shape index (κ3) is 4.80. The Labute approximate surface area is 176 Å². The Balaban J connectivity index is 1.36. The highest BCUT2D eigenvalue weighted by Gasteiger charge is 2.45. The minimum absolute atomic E-state index is 0.0765. The molecule has 1 saturated carbocycles. The largest absolute Gasteiger partial charge is 0.393 e. The molecule has 2 atom stereocenters. The van der Waals surface area contributed by atoms with E-state index in [1.54, 1.807) is 23.9 Å². The molecule has 1 N–H and O–H groups in total. The first-order chi connectivity index (χ1) is 14.4. The van der Waals surface area contributed by atoms with Gasteiger partial charge in [0, 0.05) is 34.6 Å². The minimum atomic E-state index is -4.28. The average Bonchev–Trinajstić information content (AvgIpc) is 3.15. The van der Waals surface area contributed by atoms with E-state index in [1.165, 1.54) is 0 Å². The van der Waals surface area contributed by atoms with E-state index in [0.717, 1.165) is 16.2 Å². The summed E-state index contributed by atoms with van der Waals surface area (Å²) in [5, 5.41) is 2.61. The van der Waals surface area contributed by atoms with E-state index in [-0.39, 0.29) is 6.42 Å². The number of thioether (sulfide) groups is 1. The van der Waals surface area contributed by atoms with Gasteiger partial charge in [-0.15, -0.1) is 11.8 Å². The number of rotatable bonds is 5. The predicted molar refractivity (Wildman–Crippen MR) is 110 cm³/mol. The standard InChI is InChI=1S/C22H22F3N3OS/c23-22(24,25)18-5-1-2-6-19(18)27-21(29)15-8-10-17(11-9-15)30-14-16-13-28-12-4-3-7-20(28)26-16/h3-4,7-13,18-19H,1-2,5-6,14H2,(H,27,29). The van der Waals surface area contributed by atoms with Crippen molar-refractivity contribution >= 4 is 23.3 Å². The predicted octanol–water partition coefficient (Wildman–Crippen LogP) is 5.48. The number of pyridine rings is 1. The van der Waals surface area contributed by atoms with Crippen LogP contribution in [0.5, 0.6) is 0 Å². The van der Waals surface area contributed by atoms with Crippen LogP contribution in [0.15, 0.2) is 59.8 Å². The van der Waals surface area contributed by atoms with Crippen molar-refractivity contribution in [1.29, 1.82) is 0 Å². The van der Waals surface area contributed by atoms with Crippen LogP contribution in [0.25, 0.3) is 5.65 Å². The molecule has 8 heteroatoms. The van der Waals surface area contributed by atoms with Gasteiger partial charge in [0.25, 0.3) is 5.91 Å². The number of hydrogen-bond acceptors (Lipinski definition) is 3. The summed E-state index contributed by atoms with van der Waals surface area (Å²) in [4.78, 5) is 18.0. The number of hydrogen-bond donors (Lipinski definition) is 1. The van der Waals surface area contributed by atoms with Crippen molar-refractivity contribution in [2.75, 3.05) is 0 Å². The van der Waals surface area contributed by atoms with Gasteiger partial charge in [0.15, 0.2) is 0 Å². The number of nitrogens with one attached hydrogen (secondary N) is 1. The van der Waals surface area contributed by atoms with E-state index >= 15 is 0 Å². The number of halogens is 3. The fourth-order valence-electron chi connectivity index (χ4n) is 3.86. The Morgan fingerprint density at radius 2 is 1.90 bits per heavy atom. The molecule has 2 heterocycles. The van der Waals surface area contributed by atoms with Crippen LogP contribution in [0.4, 0.5) is 13.2 Å². The molecule has 0 saturated heterocycles. The number of fused-ring (bicyclic) bond motifs is 1. The van der Waals surface area contributed by atoms with E-state index in [2.05, 4.69) is 10.3 Å². The second-order valence-electron chi connectivity index (χ2n) is 7.52. The van der Waals surface area contributed by atoms with Crippen molar-refractivity contribution < 1.29 is 18.0 Å². The molecule has 0 radical (unpaired) electrons. The summed E-state index contributed by atoms with van der Waals surface area (Å²) < 4.78 is 41.6. The Morgan fingerprint density at radius 3 is 2.63 bits per heavy atom. The van der Waals surface area contributed by atoms with Gasteiger partial charge in [0.2, 0.25) is 0 Å². The summed E-state index contributed by atoms with van der Waals surface area (Å²) in [5.41, 5.74) is 2.21. The highest BCUT2D eigenvalue weighted by atomic mass is 32.2. The summed E-state index contributed by atoms with van der Waals surface area (Å²) in [6.45, 7) is 0. The third-order valence-corrected chi connectivity index (χ3v) is 6.47.